The Morgan fingerprint density at radius 1 is 1.06 bits per heavy atom. The Hall–Kier alpha value is -3.35. The summed E-state index contributed by atoms with van der Waals surface area (Å²) in [5, 5.41) is 0. The summed E-state index contributed by atoms with van der Waals surface area (Å²) in [4.78, 5) is 42.8. The van der Waals surface area contributed by atoms with Crippen LogP contribution in [-0.4, -0.2) is 47.6 Å². The van der Waals surface area contributed by atoms with Crippen LogP contribution in [0.3, 0.4) is 0 Å². The molecule has 31 heavy (non-hydrogen) atoms. The van der Waals surface area contributed by atoms with Crippen LogP contribution in [0.4, 0.5) is 5.69 Å². The quantitative estimate of drug-likeness (QED) is 0.530. The normalized spacial score (nSPS) is 22.2. The van der Waals surface area contributed by atoms with Crippen molar-refractivity contribution in [3.8, 4) is 5.75 Å². The number of nitrogens with zero attached hydrogens (tertiary/aromatic N) is 2. The van der Waals surface area contributed by atoms with Gasteiger partial charge in [0.2, 0.25) is 11.6 Å². The molecule has 7 nitrogen and oxygen atoms in total. The molecule has 2 aliphatic heterocycles. The van der Waals surface area contributed by atoms with Gasteiger partial charge in [0.15, 0.2) is 0 Å². The average Bonchev–Trinajstić information content (AvgIpc) is 3.55. The molecule has 5 rings (SSSR count). The molecule has 7 heteroatoms. The molecular weight excluding hydrogens is 396 g/mol. The van der Waals surface area contributed by atoms with E-state index >= 15 is 0 Å². The molecule has 0 unspecified atom stereocenters. The van der Waals surface area contributed by atoms with E-state index in [9.17, 15) is 14.4 Å². The lowest BCUT2D eigenvalue weighted by molar-refractivity contribution is -0.158. The lowest BCUT2D eigenvalue weighted by Crippen LogP contribution is -2.69. The molecule has 2 heterocycles. The van der Waals surface area contributed by atoms with Crippen LogP contribution < -0.4 is 9.64 Å². The molecule has 0 bridgehead atoms. The van der Waals surface area contributed by atoms with Crippen LogP contribution in [0.5, 0.6) is 5.75 Å². The number of para-hydroxylation sites is 1. The smallest absolute Gasteiger partial charge is 0.353 e. The molecule has 0 aromatic heterocycles. The third-order valence-corrected chi connectivity index (χ3v) is 6.14. The third kappa shape index (κ3) is 3.15. The van der Waals surface area contributed by atoms with Crippen LogP contribution in [0.25, 0.3) is 0 Å². The number of aryl methyl sites for hydroxylation is 1. The van der Waals surface area contributed by atoms with Crippen LogP contribution in [0.15, 0.2) is 48.5 Å². The second-order valence-corrected chi connectivity index (χ2v) is 8.27. The second kappa shape index (κ2) is 7.41. The van der Waals surface area contributed by atoms with Crippen molar-refractivity contribution in [1.82, 2.24) is 4.90 Å². The van der Waals surface area contributed by atoms with Gasteiger partial charge in [-0.3, -0.25) is 14.5 Å². The van der Waals surface area contributed by atoms with Gasteiger partial charge in [-0.1, -0.05) is 29.8 Å². The maximum absolute atomic E-state index is 13.4. The number of amides is 2. The zero-order valence-corrected chi connectivity index (χ0v) is 17.4. The molecule has 160 valence electrons. The minimum absolute atomic E-state index is 0.0326. The van der Waals surface area contributed by atoms with Gasteiger partial charge >= 0.3 is 5.97 Å². The number of rotatable bonds is 6. The Bertz CT molecular complexity index is 1050. The highest BCUT2D eigenvalue weighted by atomic mass is 16.6. The van der Waals surface area contributed by atoms with E-state index in [2.05, 4.69) is 0 Å². The van der Waals surface area contributed by atoms with Gasteiger partial charge in [-0.15, -0.1) is 0 Å². The number of hydrogen-bond acceptors (Lipinski definition) is 5. The van der Waals surface area contributed by atoms with E-state index in [1.165, 1.54) is 4.90 Å². The zero-order valence-electron chi connectivity index (χ0n) is 17.4. The molecule has 0 N–H and O–H groups in total. The lowest BCUT2D eigenvalue weighted by Gasteiger charge is -2.48. The molecule has 3 aliphatic rings. The fraction of sp³-hybridized carbons (Fsp3) is 0.375. The lowest BCUT2D eigenvalue weighted by atomic mass is 9.96. The van der Waals surface area contributed by atoms with Crippen LogP contribution in [0, 0.1) is 6.92 Å². The SMILES string of the molecule is Cc1ccc(OCCOC(=O)[C@]23CCC(=O)N2c2ccccc2C(=O)N3C2CC2)cc1. The van der Waals surface area contributed by atoms with Gasteiger partial charge in [0.1, 0.15) is 19.0 Å². The highest BCUT2D eigenvalue weighted by Gasteiger charge is 2.64. The van der Waals surface area contributed by atoms with Crippen molar-refractivity contribution >= 4 is 23.5 Å². The molecule has 2 aromatic carbocycles. The number of fused-ring (bicyclic) bond motifs is 3. The van der Waals surface area contributed by atoms with E-state index in [4.69, 9.17) is 9.47 Å². The molecular formula is C24H24N2O5. The van der Waals surface area contributed by atoms with Crippen molar-refractivity contribution in [3.05, 3.63) is 59.7 Å². The van der Waals surface area contributed by atoms with E-state index in [1.54, 1.807) is 29.2 Å². The average molecular weight is 420 g/mol. The number of hydrogen-bond donors (Lipinski definition) is 0. The first-order chi connectivity index (χ1) is 15.0. The van der Waals surface area contributed by atoms with Gasteiger partial charge in [-0.05, 0) is 44.0 Å². The first-order valence-corrected chi connectivity index (χ1v) is 10.6. The van der Waals surface area contributed by atoms with Gasteiger partial charge in [0.05, 0.1) is 11.3 Å². The molecule has 2 aromatic rings. The minimum Gasteiger partial charge on any atom is -0.490 e. The molecule has 0 spiro atoms. The standard InChI is InChI=1S/C24H24N2O5/c1-16-6-10-18(11-7-16)30-14-15-31-23(29)24-13-12-21(27)26(24)20-5-3-2-4-19(20)22(28)25(24)17-8-9-17/h2-7,10-11,17H,8-9,12-15H2,1H3/t24-/m0/s1. The van der Waals surface area contributed by atoms with E-state index < -0.39 is 11.6 Å². The maximum Gasteiger partial charge on any atom is 0.353 e. The van der Waals surface area contributed by atoms with Gasteiger partial charge in [0, 0.05) is 18.9 Å². The molecule has 0 radical (unpaired) electrons. The Balaban J connectivity index is 1.39. The first-order valence-electron chi connectivity index (χ1n) is 10.6. The number of benzene rings is 2. The number of esters is 1. The van der Waals surface area contributed by atoms with Crippen molar-refractivity contribution in [2.45, 2.75) is 44.3 Å². The summed E-state index contributed by atoms with van der Waals surface area (Å²) in [6.07, 6.45) is 2.07. The van der Waals surface area contributed by atoms with Crippen LogP contribution in [0.2, 0.25) is 0 Å². The number of anilines is 1. The third-order valence-electron chi connectivity index (χ3n) is 6.14. The summed E-state index contributed by atoms with van der Waals surface area (Å²) in [6.45, 7) is 2.21. The van der Waals surface area contributed by atoms with E-state index in [0.717, 1.165) is 18.4 Å². The van der Waals surface area contributed by atoms with E-state index in [1.807, 2.05) is 31.2 Å². The maximum atomic E-state index is 13.4. The Morgan fingerprint density at radius 2 is 1.81 bits per heavy atom. The van der Waals surface area contributed by atoms with Gasteiger partial charge in [0.25, 0.3) is 5.91 Å². The fourth-order valence-electron chi connectivity index (χ4n) is 4.56. The predicted octanol–water partition coefficient (Wildman–Crippen LogP) is 3.06. The zero-order chi connectivity index (χ0) is 21.6. The highest BCUT2D eigenvalue weighted by molar-refractivity contribution is 6.15. The summed E-state index contributed by atoms with van der Waals surface area (Å²) in [7, 11) is 0. The van der Waals surface area contributed by atoms with Crippen molar-refractivity contribution in [2.24, 2.45) is 0 Å². The van der Waals surface area contributed by atoms with Crippen LogP contribution in [-0.2, 0) is 14.3 Å². The van der Waals surface area contributed by atoms with Crippen molar-refractivity contribution < 1.29 is 23.9 Å². The summed E-state index contributed by atoms with van der Waals surface area (Å²) in [5.74, 6) is -0.255. The number of carbonyl (C=O) groups is 3. The summed E-state index contributed by atoms with van der Waals surface area (Å²) >= 11 is 0. The van der Waals surface area contributed by atoms with Crippen molar-refractivity contribution in [1.29, 1.82) is 0 Å². The molecule has 2 fully saturated rings. The topological polar surface area (TPSA) is 76.1 Å². The van der Waals surface area contributed by atoms with E-state index in [-0.39, 0.29) is 43.9 Å². The number of ether oxygens (including phenoxy) is 2. The predicted molar refractivity (Wildman–Crippen MR) is 113 cm³/mol. The van der Waals surface area contributed by atoms with Crippen molar-refractivity contribution in [3.63, 3.8) is 0 Å². The van der Waals surface area contributed by atoms with Crippen LogP contribution in [0.1, 0.15) is 41.6 Å². The van der Waals surface area contributed by atoms with Gasteiger partial charge in [-0.25, -0.2) is 4.79 Å². The van der Waals surface area contributed by atoms with Crippen molar-refractivity contribution in [2.75, 3.05) is 18.1 Å². The summed E-state index contributed by atoms with van der Waals surface area (Å²) in [5.41, 5.74) is 0.662. The Labute approximate surface area is 180 Å². The largest absolute Gasteiger partial charge is 0.490 e. The molecule has 1 saturated carbocycles. The second-order valence-electron chi connectivity index (χ2n) is 8.27. The minimum atomic E-state index is -1.41. The first kappa shape index (κ1) is 19.6. The summed E-state index contributed by atoms with van der Waals surface area (Å²) in [6, 6.07) is 14.5. The Morgan fingerprint density at radius 3 is 2.55 bits per heavy atom. The fourth-order valence-corrected chi connectivity index (χ4v) is 4.56. The Kier molecular flexibility index (Phi) is 4.68. The van der Waals surface area contributed by atoms with Crippen LogP contribution >= 0.6 is 0 Å². The molecule has 2 amide bonds. The summed E-state index contributed by atoms with van der Waals surface area (Å²) < 4.78 is 11.3. The van der Waals surface area contributed by atoms with Gasteiger partial charge < -0.3 is 14.4 Å². The van der Waals surface area contributed by atoms with E-state index in [0.29, 0.717) is 17.0 Å². The molecule has 1 atom stereocenters. The molecule has 1 aliphatic carbocycles. The number of carbonyl (C=O) groups excluding carboxylic acids is 3. The van der Waals surface area contributed by atoms with Gasteiger partial charge in [-0.2, -0.15) is 0 Å². The molecule has 1 saturated heterocycles. The monoisotopic (exact) mass is 420 g/mol. The highest BCUT2D eigenvalue weighted by Crippen LogP contribution is 2.49.